The van der Waals surface area contributed by atoms with Gasteiger partial charge in [0, 0.05) is 11.1 Å². The molecule has 0 saturated heterocycles. The Balaban J connectivity index is 2.25. The summed E-state index contributed by atoms with van der Waals surface area (Å²) in [5.74, 6) is 0.770. The van der Waals surface area contributed by atoms with Crippen LogP contribution < -0.4 is 9.47 Å². The summed E-state index contributed by atoms with van der Waals surface area (Å²) < 4.78 is 10.2. The van der Waals surface area contributed by atoms with Gasteiger partial charge in [0.25, 0.3) is 0 Å². The van der Waals surface area contributed by atoms with Crippen molar-refractivity contribution in [1.29, 1.82) is 0 Å². The van der Waals surface area contributed by atoms with Gasteiger partial charge in [-0.3, -0.25) is 4.79 Å². The molecule has 6 heteroatoms. The van der Waals surface area contributed by atoms with Crippen molar-refractivity contribution in [2.24, 2.45) is 0 Å². The molecule has 20 heavy (non-hydrogen) atoms. The number of ketones is 1. The monoisotopic (exact) mass is 292 g/mol. The third kappa shape index (κ3) is 3.24. The first-order chi connectivity index (χ1) is 9.63. The van der Waals surface area contributed by atoms with Crippen LogP contribution in [0.15, 0.2) is 30.6 Å². The molecule has 0 aliphatic rings. The van der Waals surface area contributed by atoms with E-state index in [4.69, 9.17) is 21.1 Å². The predicted octanol–water partition coefficient (Wildman–Crippen LogP) is 2.57. The number of hydrogen-bond donors (Lipinski definition) is 0. The molecule has 0 amide bonds. The number of nitrogens with zero attached hydrogens (tertiary/aromatic N) is 2. The highest BCUT2D eigenvalue weighted by Crippen LogP contribution is 2.24. The first kappa shape index (κ1) is 14.3. The summed E-state index contributed by atoms with van der Waals surface area (Å²) in [4.78, 5) is 20.2. The minimum Gasteiger partial charge on any atom is -0.496 e. The lowest BCUT2D eigenvalue weighted by atomic mass is 10.1. The molecular formula is C14H13ClN2O3. The zero-order chi connectivity index (χ0) is 14.5. The molecule has 2 aromatic rings. The van der Waals surface area contributed by atoms with Gasteiger partial charge in [-0.25, -0.2) is 9.97 Å². The number of ether oxygens (including phenoxy) is 2. The van der Waals surface area contributed by atoms with Gasteiger partial charge in [0.05, 0.1) is 31.9 Å². The molecule has 1 aromatic carbocycles. The Hall–Kier alpha value is -2.14. The summed E-state index contributed by atoms with van der Waals surface area (Å²) in [6.07, 6.45) is 1.48. The molecule has 0 aliphatic carbocycles. The van der Waals surface area contributed by atoms with Gasteiger partial charge in [0.2, 0.25) is 5.88 Å². The quantitative estimate of drug-likeness (QED) is 0.793. The van der Waals surface area contributed by atoms with Crippen molar-refractivity contribution in [2.75, 3.05) is 14.2 Å². The highest BCUT2D eigenvalue weighted by atomic mass is 35.5. The van der Waals surface area contributed by atoms with Gasteiger partial charge in [-0.05, 0) is 18.2 Å². The average molecular weight is 293 g/mol. The van der Waals surface area contributed by atoms with Crippen molar-refractivity contribution < 1.29 is 14.3 Å². The van der Waals surface area contributed by atoms with Crippen LogP contribution in [0, 0.1) is 0 Å². The van der Waals surface area contributed by atoms with Crippen molar-refractivity contribution in [3.05, 3.63) is 46.9 Å². The van der Waals surface area contributed by atoms with E-state index in [1.165, 1.54) is 20.5 Å². The summed E-state index contributed by atoms with van der Waals surface area (Å²) >= 11 is 5.92. The van der Waals surface area contributed by atoms with Crippen LogP contribution in [0.2, 0.25) is 5.02 Å². The van der Waals surface area contributed by atoms with Gasteiger partial charge >= 0.3 is 0 Å². The highest BCUT2D eigenvalue weighted by molar-refractivity contribution is 6.31. The molecule has 0 spiro atoms. The van der Waals surface area contributed by atoms with E-state index in [0.717, 1.165) is 0 Å². The summed E-state index contributed by atoms with van der Waals surface area (Å²) in [7, 11) is 3.02. The summed E-state index contributed by atoms with van der Waals surface area (Å²) in [5.41, 5.74) is 1.00. The third-order valence-corrected chi connectivity index (χ3v) is 2.95. The van der Waals surface area contributed by atoms with Gasteiger partial charge in [-0.1, -0.05) is 11.6 Å². The fourth-order valence-corrected chi connectivity index (χ4v) is 1.92. The van der Waals surface area contributed by atoms with Crippen LogP contribution in [0.1, 0.15) is 16.1 Å². The van der Waals surface area contributed by atoms with Crippen LogP contribution in [0.5, 0.6) is 11.6 Å². The van der Waals surface area contributed by atoms with Crippen LogP contribution >= 0.6 is 11.6 Å². The second-order valence-corrected chi connectivity index (χ2v) is 4.43. The molecule has 0 saturated carbocycles. The maximum atomic E-state index is 12.3. The van der Waals surface area contributed by atoms with Crippen LogP contribution in [0.3, 0.4) is 0 Å². The molecule has 0 unspecified atom stereocenters. The standard InChI is InChI=1S/C14H13ClN2O3/c1-19-13-4-3-9(15)5-11(13)12(18)6-10-7-14(20-2)17-8-16-10/h3-5,7-8H,6H2,1-2H3. The normalized spacial score (nSPS) is 10.2. The molecule has 0 bridgehead atoms. The molecule has 1 heterocycles. The zero-order valence-electron chi connectivity index (χ0n) is 11.1. The Labute approximate surface area is 121 Å². The van der Waals surface area contributed by atoms with Gasteiger partial charge < -0.3 is 9.47 Å². The van der Waals surface area contributed by atoms with Crippen molar-refractivity contribution >= 4 is 17.4 Å². The number of aromatic nitrogens is 2. The lowest BCUT2D eigenvalue weighted by molar-refractivity contribution is 0.0989. The number of rotatable bonds is 5. The van der Waals surface area contributed by atoms with Crippen molar-refractivity contribution in [1.82, 2.24) is 9.97 Å². The first-order valence-corrected chi connectivity index (χ1v) is 6.23. The van der Waals surface area contributed by atoms with E-state index in [1.54, 1.807) is 24.3 Å². The van der Waals surface area contributed by atoms with E-state index < -0.39 is 0 Å². The van der Waals surface area contributed by atoms with Crippen LogP contribution in [0.25, 0.3) is 0 Å². The first-order valence-electron chi connectivity index (χ1n) is 5.85. The van der Waals surface area contributed by atoms with E-state index in [2.05, 4.69) is 9.97 Å². The number of methoxy groups -OCH3 is 2. The Kier molecular flexibility index (Phi) is 4.53. The fourth-order valence-electron chi connectivity index (χ4n) is 1.74. The molecule has 0 atom stereocenters. The summed E-state index contributed by atoms with van der Waals surface area (Å²) in [6, 6.07) is 6.54. The Morgan fingerprint density at radius 1 is 1.20 bits per heavy atom. The van der Waals surface area contributed by atoms with E-state index in [-0.39, 0.29) is 12.2 Å². The largest absolute Gasteiger partial charge is 0.496 e. The van der Waals surface area contributed by atoms with Gasteiger partial charge in [-0.15, -0.1) is 0 Å². The maximum Gasteiger partial charge on any atom is 0.216 e. The molecule has 5 nitrogen and oxygen atoms in total. The number of carbonyl (C=O) groups excluding carboxylic acids is 1. The summed E-state index contributed by atoms with van der Waals surface area (Å²) in [5, 5.41) is 0.481. The van der Waals surface area contributed by atoms with Crippen LogP contribution in [-0.2, 0) is 6.42 Å². The Morgan fingerprint density at radius 2 is 2.00 bits per heavy atom. The molecular weight excluding hydrogens is 280 g/mol. The molecule has 0 fully saturated rings. The molecule has 0 N–H and O–H groups in total. The molecule has 2 rings (SSSR count). The van der Waals surface area contributed by atoms with Crippen molar-refractivity contribution in [3.8, 4) is 11.6 Å². The predicted molar refractivity (Wildman–Crippen MR) is 74.6 cm³/mol. The number of carbonyl (C=O) groups is 1. The highest BCUT2D eigenvalue weighted by Gasteiger charge is 2.14. The molecule has 1 aromatic heterocycles. The van der Waals surface area contributed by atoms with E-state index in [0.29, 0.717) is 27.9 Å². The number of benzene rings is 1. The van der Waals surface area contributed by atoms with Crippen molar-refractivity contribution in [3.63, 3.8) is 0 Å². The van der Waals surface area contributed by atoms with Gasteiger partial charge in [0.15, 0.2) is 5.78 Å². The molecule has 0 aliphatic heterocycles. The molecule has 0 radical (unpaired) electrons. The number of hydrogen-bond acceptors (Lipinski definition) is 5. The fraction of sp³-hybridized carbons (Fsp3) is 0.214. The minimum absolute atomic E-state index is 0.121. The second-order valence-electron chi connectivity index (χ2n) is 4.00. The van der Waals surface area contributed by atoms with Crippen LogP contribution in [0.4, 0.5) is 0 Å². The number of halogens is 1. The van der Waals surface area contributed by atoms with E-state index in [9.17, 15) is 4.79 Å². The Morgan fingerprint density at radius 3 is 2.70 bits per heavy atom. The van der Waals surface area contributed by atoms with Crippen molar-refractivity contribution in [2.45, 2.75) is 6.42 Å². The maximum absolute atomic E-state index is 12.3. The lowest BCUT2D eigenvalue weighted by Gasteiger charge is -2.08. The minimum atomic E-state index is -0.134. The lowest BCUT2D eigenvalue weighted by Crippen LogP contribution is -2.07. The van der Waals surface area contributed by atoms with Crippen LogP contribution in [-0.4, -0.2) is 30.0 Å². The Bertz CT molecular complexity index is 632. The average Bonchev–Trinajstić information content (AvgIpc) is 2.47. The third-order valence-electron chi connectivity index (χ3n) is 2.71. The smallest absolute Gasteiger partial charge is 0.216 e. The number of Topliss-reactive ketones (excluding diaryl/α,β-unsaturated/α-hetero) is 1. The van der Waals surface area contributed by atoms with Gasteiger partial charge in [-0.2, -0.15) is 0 Å². The van der Waals surface area contributed by atoms with Gasteiger partial charge in [0.1, 0.15) is 12.1 Å². The SMILES string of the molecule is COc1cc(CC(=O)c2cc(Cl)ccc2OC)ncn1. The second kappa shape index (κ2) is 6.34. The zero-order valence-corrected chi connectivity index (χ0v) is 11.8. The van der Waals surface area contributed by atoms with E-state index in [1.807, 2.05) is 0 Å². The topological polar surface area (TPSA) is 61.3 Å². The van der Waals surface area contributed by atoms with E-state index >= 15 is 0 Å². The summed E-state index contributed by atoms with van der Waals surface area (Å²) in [6.45, 7) is 0. The molecule has 104 valence electrons.